The van der Waals surface area contributed by atoms with Crippen molar-refractivity contribution in [2.24, 2.45) is 5.92 Å². The number of amides is 1. The van der Waals surface area contributed by atoms with Crippen LogP contribution in [0.1, 0.15) is 37.1 Å². The summed E-state index contributed by atoms with van der Waals surface area (Å²) in [6, 6.07) is 1.81. The van der Waals surface area contributed by atoms with Crippen molar-refractivity contribution in [1.29, 1.82) is 0 Å². The Kier molecular flexibility index (Phi) is 4.39. The molecule has 7 heteroatoms. The maximum Gasteiger partial charge on any atom is 0.308 e. The van der Waals surface area contributed by atoms with E-state index in [0.717, 1.165) is 5.69 Å². The number of piperidine rings is 1. The predicted molar refractivity (Wildman–Crippen MR) is 79.9 cm³/mol. The molecule has 1 aromatic rings. The normalized spacial score (nSPS) is 24.4. The van der Waals surface area contributed by atoms with E-state index in [0.29, 0.717) is 51.2 Å². The Labute approximate surface area is 134 Å². The average molecular weight is 322 g/mol. The van der Waals surface area contributed by atoms with Crippen LogP contribution in [-0.2, 0) is 19.7 Å². The largest absolute Gasteiger partial charge is 0.481 e. The van der Waals surface area contributed by atoms with Gasteiger partial charge in [0, 0.05) is 32.4 Å². The van der Waals surface area contributed by atoms with Gasteiger partial charge in [0.15, 0.2) is 5.76 Å². The van der Waals surface area contributed by atoms with E-state index in [1.165, 1.54) is 0 Å². The standard InChI is InChI=1S/C16H22N2O5/c1-11-9-13(23-17-11)16(4-7-22-8-5-16)15(21)18-6-2-3-12(10-18)14(19)20/h9,12H,2-8,10H2,1H3,(H,19,20). The topological polar surface area (TPSA) is 92.9 Å². The quantitative estimate of drug-likeness (QED) is 0.903. The summed E-state index contributed by atoms with van der Waals surface area (Å²) in [6.07, 6.45) is 2.41. The summed E-state index contributed by atoms with van der Waals surface area (Å²) in [5.41, 5.74) is -0.0411. The minimum absolute atomic E-state index is 0.0529. The summed E-state index contributed by atoms with van der Waals surface area (Å²) in [7, 11) is 0. The molecule has 1 amide bonds. The third-order valence-electron chi connectivity index (χ3n) is 4.91. The van der Waals surface area contributed by atoms with Gasteiger partial charge in [0.25, 0.3) is 0 Å². The van der Waals surface area contributed by atoms with Crippen LogP contribution in [0.25, 0.3) is 0 Å². The van der Waals surface area contributed by atoms with Crippen molar-refractivity contribution in [1.82, 2.24) is 10.1 Å². The number of ether oxygens (including phenoxy) is 1. The van der Waals surface area contributed by atoms with Crippen molar-refractivity contribution in [2.45, 2.75) is 38.0 Å². The lowest BCUT2D eigenvalue weighted by atomic mass is 9.76. The minimum atomic E-state index is -0.834. The molecule has 0 spiro atoms. The van der Waals surface area contributed by atoms with E-state index in [1.807, 2.05) is 13.0 Å². The second-order valence-corrected chi connectivity index (χ2v) is 6.46. The fourth-order valence-corrected chi connectivity index (χ4v) is 3.54. The van der Waals surface area contributed by atoms with Crippen LogP contribution in [0, 0.1) is 12.8 Å². The highest BCUT2D eigenvalue weighted by atomic mass is 16.5. The summed E-state index contributed by atoms with van der Waals surface area (Å²) in [5.74, 6) is -0.802. The molecule has 1 N–H and O–H groups in total. The van der Waals surface area contributed by atoms with Crippen LogP contribution in [0.3, 0.4) is 0 Å². The number of nitrogens with zero attached hydrogens (tertiary/aromatic N) is 2. The molecule has 2 saturated heterocycles. The van der Waals surface area contributed by atoms with Gasteiger partial charge in [-0.3, -0.25) is 9.59 Å². The van der Waals surface area contributed by atoms with Gasteiger partial charge in [0.1, 0.15) is 5.41 Å². The smallest absolute Gasteiger partial charge is 0.308 e. The second kappa shape index (κ2) is 6.31. The van der Waals surface area contributed by atoms with E-state index in [9.17, 15) is 14.7 Å². The molecular formula is C16H22N2O5. The highest BCUT2D eigenvalue weighted by molar-refractivity contribution is 5.88. The molecule has 1 unspecified atom stereocenters. The number of aliphatic carboxylic acids is 1. The van der Waals surface area contributed by atoms with Crippen LogP contribution >= 0.6 is 0 Å². The number of carbonyl (C=O) groups is 2. The average Bonchev–Trinajstić information content (AvgIpc) is 3.02. The van der Waals surface area contributed by atoms with Crippen molar-refractivity contribution in [3.05, 3.63) is 17.5 Å². The predicted octanol–water partition coefficient (Wildman–Crippen LogP) is 1.35. The molecule has 0 aromatic carbocycles. The number of hydrogen-bond donors (Lipinski definition) is 1. The summed E-state index contributed by atoms with van der Waals surface area (Å²) < 4.78 is 10.8. The Morgan fingerprint density at radius 2 is 2.13 bits per heavy atom. The van der Waals surface area contributed by atoms with Gasteiger partial charge in [-0.1, -0.05) is 5.16 Å². The van der Waals surface area contributed by atoms with Gasteiger partial charge in [-0.05, 0) is 32.6 Å². The summed E-state index contributed by atoms with van der Waals surface area (Å²) in [5, 5.41) is 13.2. The number of carboxylic acid groups (broad SMARTS) is 1. The van der Waals surface area contributed by atoms with E-state index in [4.69, 9.17) is 9.26 Å². The van der Waals surface area contributed by atoms with Crippen molar-refractivity contribution in [3.8, 4) is 0 Å². The van der Waals surface area contributed by atoms with Crippen molar-refractivity contribution in [3.63, 3.8) is 0 Å². The molecule has 126 valence electrons. The Balaban J connectivity index is 1.87. The van der Waals surface area contributed by atoms with Gasteiger partial charge < -0.3 is 19.3 Å². The third-order valence-corrected chi connectivity index (χ3v) is 4.91. The van der Waals surface area contributed by atoms with Gasteiger partial charge in [-0.25, -0.2) is 0 Å². The van der Waals surface area contributed by atoms with Crippen molar-refractivity contribution < 1.29 is 24.0 Å². The molecule has 0 saturated carbocycles. The zero-order chi connectivity index (χ0) is 16.4. The van der Waals surface area contributed by atoms with E-state index < -0.39 is 17.3 Å². The highest BCUT2D eigenvalue weighted by Gasteiger charge is 2.48. The van der Waals surface area contributed by atoms with Crippen molar-refractivity contribution >= 4 is 11.9 Å². The summed E-state index contributed by atoms with van der Waals surface area (Å²) in [6.45, 7) is 3.66. The Bertz CT molecular complexity index is 591. The summed E-state index contributed by atoms with van der Waals surface area (Å²) >= 11 is 0. The van der Waals surface area contributed by atoms with E-state index in [-0.39, 0.29) is 12.5 Å². The molecule has 3 rings (SSSR count). The van der Waals surface area contributed by atoms with Crippen LogP contribution in [-0.4, -0.2) is 53.3 Å². The number of rotatable bonds is 3. The monoisotopic (exact) mass is 322 g/mol. The van der Waals surface area contributed by atoms with Gasteiger partial charge in [0.05, 0.1) is 11.6 Å². The first kappa shape index (κ1) is 16.0. The van der Waals surface area contributed by atoms with Crippen LogP contribution in [0.5, 0.6) is 0 Å². The molecule has 3 heterocycles. The first-order valence-corrected chi connectivity index (χ1v) is 8.07. The van der Waals surface area contributed by atoms with Crippen molar-refractivity contribution in [2.75, 3.05) is 26.3 Å². The molecule has 0 radical (unpaired) electrons. The molecule has 0 bridgehead atoms. The van der Waals surface area contributed by atoms with Crippen LogP contribution in [0.15, 0.2) is 10.6 Å². The fraction of sp³-hybridized carbons (Fsp3) is 0.688. The van der Waals surface area contributed by atoms with Gasteiger partial charge >= 0.3 is 5.97 Å². The Morgan fingerprint density at radius 3 is 2.74 bits per heavy atom. The molecule has 7 nitrogen and oxygen atoms in total. The Morgan fingerprint density at radius 1 is 1.39 bits per heavy atom. The number of carbonyl (C=O) groups excluding carboxylic acids is 1. The van der Waals surface area contributed by atoms with E-state index in [1.54, 1.807) is 4.90 Å². The molecule has 2 aliphatic heterocycles. The fourth-order valence-electron chi connectivity index (χ4n) is 3.54. The van der Waals surface area contributed by atoms with Gasteiger partial charge in [0.2, 0.25) is 5.91 Å². The zero-order valence-corrected chi connectivity index (χ0v) is 13.3. The first-order valence-electron chi connectivity index (χ1n) is 8.07. The van der Waals surface area contributed by atoms with Crippen LogP contribution < -0.4 is 0 Å². The lowest BCUT2D eigenvalue weighted by molar-refractivity contribution is -0.149. The maximum absolute atomic E-state index is 13.2. The van der Waals surface area contributed by atoms with Gasteiger partial charge in [-0.15, -0.1) is 0 Å². The molecular weight excluding hydrogens is 300 g/mol. The molecule has 1 atom stereocenters. The van der Waals surface area contributed by atoms with Gasteiger partial charge in [-0.2, -0.15) is 0 Å². The van der Waals surface area contributed by atoms with E-state index in [2.05, 4.69) is 5.16 Å². The van der Waals surface area contributed by atoms with Crippen LogP contribution in [0.4, 0.5) is 0 Å². The molecule has 0 aliphatic carbocycles. The zero-order valence-electron chi connectivity index (χ0n) is 13.3. The second-order valence-electron chi connectivity index (χ2n) is 6.46. The van der Waals surface area contributed by atoms with Crippen LogP contribution in [0.2, 0.25) is 0 Å². The SMILES string of the molecule is Cc1cc(C2(C(=O)N3CCCC(C(=O)O)C3)CCOCC2)on1. The van der Waals surface area contributed by atoms with E-state index >= 15 is 0 Å². The highest BCUT2D eigenvalue weighted by Crippen LogP contribution is 2.38. The lowest BCUT2D eigenvalue weighted by Gasteiger charge is -2.40. The number of carboxylic acids is 1. The number of hydrogen-bond acceptors (Lipinski definition) is 5. The minimum Gasteiger partial charge on any atom is -0.481 e. The molecule has 2 aliphatic rings. The number of aromatic nitrogens is 1. The molecule has 2 fully saturated rings. The first-order chi connectivity index (χ1) is 11.0. The lowest BCUT2D eigenvalue weighted by Crippen LogP contribution is -2.53. The number of likely N-dealkylation sites (tertiary alicyclic amines) is 1. The third kappa shape index (κ3) is 2.97. The Hall–Kier alpha value is -1.89. The maximum atomic E-state index is 13.2. The number of aryl methyl sites for hydroxylation is 1. The summed E-state index contributed by atoms with van der Waals surface area (Å²) in [4.78, 5) is 26.2. The molecule has 23 heavy (non-hydrogen) atoms. The molecule has 1 aromatic heterocycles.